The molecule has 1 N–H and O–H groups in total. The van der Waals surface area contributed by atoms with E-state index in [0.717, 1.165) is 35.1 Å². The van der Waals surface area contributed by atoms with Gasteiger partial charge < -0.3 is 10.2 Å². The zero-order valence-corrected chi connectivity index (χ0v) is 14.0. The number of halogens is 2. The summed E-state index contributed by atoms with van der Waals surface area (Å²) in [5.74, 6) is 0.174. The lowest BCUT2D eigenvalue weighted by Gasteiger charge is -2.25. The lowest BCUT2D eigenvalue weighted by Crippen LogP contribution is -2.39. The highest BCUT2D eigenvalue weighted by Crippen LogP contribution is 2.23. The van der Waals surface area contributed by atoms with Crippen molar-refractivity contribution < 1.29 is 4.79 Å². The van der Waals surface area contributed by atoms with Crippen molar-refractivity contribution in [2.45, 2.75) is 38.3 Å². The molecular weight excluding hydrogens is 340 g/mol. The lowest BCUT2D eigenvalue weighted by molar-refractivity contribution is 0.0747. The van der Waals surface area contributed by atoms with Crippen LogP contribution in [-0.4, -0.2) is 36.0 Å². The number of carbonyl (C=O) groups excluding carboxylic acids is 1. The van der Waals surface area contributed by atoms with Crippen LogP contribution in [0.5, 0.6) is 0 Å². The van der Waals surface area contributed by atoms with Gasteiger partial charge in [0.2, 0.25) is 0 Å². The average Bonchev–Trinajstić information content (AvgIpc) is 2.71. The molecule has 1 aromatic rings. The molecule has 3 nitrogen and oxygen atoms in total. The van der Waals surface area contributed by atoms with Crippen LogP contribution in [0.15, 0.2) is 22.7 Å². The summed E-state index contributed by atoms with van der Waals surface area (Å²) >= 11 is 3.45. The van der Waals surface area contributed by atoms with Crippen LogP contribution in [0, 0.1) is 6.92 Å². The van der Waals surface area contributed by atoms with Crippen LogP contribution >= 0.6 is 28.3 Å². The second-order valence-electron chi connectivity index (χ2n) is 5.64. The van der Waals surface area contributed by atoms with E-state index < -0.39 is 0 Å². The van der Waals surface area contributed by atoms with Crippen molar-refractivity contribution in [3.8, 4) is 0 Å². The maximum atomic E-state index is 12.7. The fourth-order valence-electron chi connectivity index (χ4n) is 3.12. The van der Waals surface area contributed by atoms with Crippen molar-refractivity contribution in [2.75, 3.05) is 13.1 Å². The number of fused-ring (bicyclic) bond motifs is 2. The van der Waals surface area contributed by atoms with Crippen LogP contribution in [0.4, 0.5) is 0 Å². The van der Waals surface area contributed by atoms with Crippen molar-refractivity contribution in [1.29, 1.82) is 0 Å². The first-order chi connectivity index (χ1) is 9.13. The normalized spacial score (nSPS) is 25.0. The quantitative estimate of drug-likeness (QED) is 0.835. The van der Waals surface area contributed by atoms with E-state index in [1.165, 1.54) is 12.8 Å². The first kappa shape index (κ1) is 15.8. The summed E-state index contributed by atoms with van der Waals surface area (Å²) < 4.78 is 0.968. The van der Waals surface area contributed by atoms with E-state index >= 15 is 0 Å². The Morgan fingerprint density at radius 3 is 2.85 bits per heavy atom. The first-order valence-corrected chi connectivity index (χ1v) is 7.74. The number of nitrogens with one attached hydrogen (secondary N) is 1. The van der Waals surface area contributed by atoms with Crippen molar-refractivity contribution in [3.05, 3.63) is 33.8 Å². The molecule has 20 heavy (non-hydrogen) atoms. The minimum atomic E-state index is 0. The summed E-state index contributed by atoms with van der Waals surface area (Å²) in [5.41, 5.74) is 1.88. The summed E-state index contributed by atoms with van der Waals surface area (Å²) in [6.45, 7) is 3.72. The number of hydrogen-bond acceptors (Lipinski definition) is 2. The summed E-state index contributed by atoms with van der Waals surface area (Å²) in [6, 6.07) is 7.03. The zero-order chi connectivity index (χ0) is 13.4. The van der Waals surface area contributed by atoms with E-state index in [0.29, 0.717) is 12.1 Å². The van der Waals surface area contributed by atoms with Gasteiger partial charge in [-0.2, -0.15) is 0 Å². The molecule has 0 spiro atoms. The smallest absolute Gasteiger partial charge is 0.254 e. The molecule has 0 aromatic heterocycles. The molecule has 2 fully saturated rings. The average molecular weight is 360 g/mol. The number of benzene rings is 1. The Labute approximate surface area is 134 Å². The zero-order valence-electron chi connectivity index (χ0n) is 11.6. The van der Waals surface area contributed by atoms with Gasteiger partial charge in [0.1, 0.15) is 0 Å². The van der Waals surface area contributed by atoms with Gasteiger partial charge in [0, 0.05) is 35.2 Å². The largest absolute Gasteiger partial charge is 0.337 e. The summed E-state index contributed by atoms with van der Waals surface area (Å²) in [4.78, 5) is 14.7. The molecule has 0 saturated carbocycles. The second kappa shape index (κ2) is 6.46. The number of rotatable bonds is 1. The topological polar surface area (TPSA) is 32.3 Å². The van der Waals surface area contributed by atoms with E-state index in [1.807, 2.05) is 30.0 Å². The van der Waals surface area contributed by atoms with Crippen molar-refractivity contribution in [2.24, 2.45) is 0 Å². The predicted molar refractivity (Wildman–Crippen MR) is 86.6 cm³/mol. The number of hydrogen-bond donors (Lipinski definition) is 1. The third-order valence-electron chi connectivity index (χ3n) is 4.24. The standard InChI is InChI=1S/C15H19BrN2O.ClH/c1-10-2-3-11(16)8-14(10)15(19)18-7-6-12-4-5-13(9-18)17-12;/h2-3,8,12-13,17H,4-7,9H2,1H3;1H. The van der Waals surface area contributed by atoms with Crippen LogP contribution in [0.2, 0.25) is 0 Å². The Morgan fingerprint density at radius 1 is 1.30 bits per heavy atom. The van der Waals surface area contributed by atoms with Gasteiger partial charge in [0.15, 0.2) is 0 Å². The SMILES string of the molecule is Cc1ccc(Br)cc1C(=O)N1CCC2CCC(C1)N2.Cl. The van der Waals surface area contributed by atoms with Crippen LogP contribution in [-0.2, 0) is 0 Å². The Bertz CT molecular complexity index is 509. The molecule has 2 unspecified atom stereocenters. The fraction of sp³-hybridized carbons (Fsp3) is 0.533. The highest BCUT2D eigenvalue weighted by Gasteiger charge is 2.31. The minimum absolute atomic E-state index is 0. The van der Waals surface area contributed by atoms with E-state index in [9.17, 15) is 4.79 Å². The number of nitrogens with zero attached hydrogens (tertiary/aromatic N) is 1. The Balaban J connectivity index is 0.00000147. The van der Waals surface area contributed by atoms with E-state index in [2.05, 4.69) is 21.2 Å². The van der Waals surface area contributed by atoms with Gasteiger partial charge in [-0.25, -0.2) is 0 Å². The van der Waals surface area contributed by atoms with E-state index in [4.69, 9.17) is 0 Å². The second-order valence-corrected chi connectivity index (χ2v) is 6.55. The van der Waals surface area contributed by atoms with Gasteiger partial charge in [0.25, 0.3) is 5.91 Å². The first-order valence-electron chi connectivity index (χ1n) is 6.95. The monoisotopic (exact) mass is 358 g/mol. The highest BCUT2D eigenvalue weighted by molar-refractivity contribution is 9.10. The molecule has 2 aliphatic heterocycles. The summed E-state index contributed by atoms with van der Waals surface area (Å²) in [7, 11) is 0. The Hall–Kier alpha value is -0.580. The van der Waals surface area contributed by atoms with Gasteiger partial charge in [-0.1, -0.05) is 22.0 Å². The fourth-order valence-corrected chi connectivity index (χ4v) is 3.48. The highest BCUT2D eigenvalue weighted by atomic mass is 79.9. The molecule has 110 valence electrons. The molecule has 2 bridgehead atoms. The summed E-state index contributed by atoms with van der Waals surface area (Å²) in [6.07, 6.45) is 3.55. The number of aryl methyl sites for hydroxylation is 1. The summed E-state index contributed by atoms with van der Waals surface area (Å²) in [5, 5.41) is 3.61. The molecule has 0 radical (unpaired) electrons. The van der Waals surface area contributed by atoms with Gasteiger partial charge >= 0.3 is 0 Å². The van der Waals surface area contributed by atoms with Gasteiger partial charge in [0.05, 0.1) is 0 Å². The van der Waals surface area contributed by atoms with Gasteiger partial charge in [-0.15, -0.1) is 12.4 Å². The predicted octanol–water partition coefficient (Wildman–Crippen LogP) is 3.15. The van der Waals surface area contributed by atoms with Crippen molar-refractivity contribution >= 4 is 34.2 Å². The molecular formula is C15H20BrClN2O. The molecule has 2 saturated heterocycles. The minimum Gasteiger partial charge on any atom is -0.337 e. The molecule has 2 aliphatic rings. The van der Waals surface area contributed by atoms with Crippen LogP contribution in [0.1, 0.15) is 35.2 Å². The number of carbonyl (C=O) groups is 1. The maximum Gasteiger partial charge on any atom is 0.254 e. The van der Waals surface area contributed by atoms with Gasteiger partial charge in [-0.3, -0.25) is 4.79 Å². The molecule has 2 heterocycles. The molecule has 5 heteroatoms. The Morgan fingerprint density at radius 2 is 2.05 bits per heavy atom. The van der Waals surface area contributed by atoms with Crippen molar-refractivity contribution in [3.63, 3.8) is 0 Å². The Kier molecular flexibility index (Phi) is 5.10. The van der Waals surface area contributed by atoms with Crippen LogP contribution in [0.3, 0.4) is 0 Å². The van der Waals surface area contributed by atoms with E-state index in [1.54, 1.807) is 0 Å². The molecule has 1 amide bonds. The lowest BCUT2D eigenvalue weighted by atomic mass is 10.0. The van der Waals surface area contributed by atoms with Crippen molar-refractivity contribution in [1.82, 2.24) is 10.2 Å². The number of likely N-dealkylation sites (tertiary alicyclic amines) is 1. The van der Waals surface area contributed by atoms with Gasteiger partial charge in [-0.05, 0) is 43.9 Å². The third kappa shape index (κ3) is 3.18. The van der Waals surface area contributed by atoms with E-state index in [-0.39, 0.29) is 18.3 Å². The molecule has 0 aliphatic carbocycles. The molecule has 2 atom stereocenters. The van der Waals surface area contributed by atoms with Crippen LogP contribution in [0.25, 0.3) is 0 Å². The molecule has 3 rings (SSSR count). The molecule has 1 aromatic carbocycles. The van der Waals surface area contributed by atoms with Crippen LogP contribution < -0.4 is 5.32 Å². The maximum absolute atomic E-state index is 12.7. The third-order valence-corrected chi connectivity index (χ3v) is 4.73. The number of amides is 1.